The van der Waals surface area contributed by atoms with Crippen molar-refractivity contribution in [3.05, 3.63) is 11.9 Å². The van der Waals surface area contributed by atoms with Gasteiger partial charge in [-0.25, -0.2) is 9.97 Å². The first-order chi connectivity index (χ1) is 9.20. The SMILES string of the molecule is COCCNc1cc(N(C)C2CCNC2)nc(C)n1. The molecule has 0 aliphatic carbocycles. The molecular formula is C13H23N5O. The predicted molar refractivity (Wildman–Crippen MR) is 76.8 cm³/mol. The molecule has 0 saturated carbocycles. The summed E-state index contributed by atoms with van der Waals surface area (Å²) in [5.41, 5.74) is 0. The third-order valence-electron chi connectivity index (χ3n) is 3.38. The molecule has 0 bridgehead atoms. The van der Waals surface area contributed by atoms with E-state index in [4.69, 9.17) is 4.74 Å². The molecule has 1 aliphatic rings. The van der Waals surface area contributed by atoms with Crippen LogP contribution in [0.1, 0.15) is 12.2 Å². The van der Waals surface area contributed by atoms with Gasteiger partial charge in [0.05, 0.1) is 6.61 Å². The summed E-state index contributed by atoms with van der Waals surface area (Å²) in [5.74, 6) is 2.62. The highest BCUT2D eigenvalue weighted by Gasteiger charge is 2.20. The Morgan fingerprint density at radius 3 is 3.05 bits per heavy atom. The first-order valence-corrected chi connectivity index (χ1v) is 6.72. The molecule has 6 heteroatoms. The molecule has 1 atom stereocenters. The van der Waals surface area contributed by atoms with Crippen molar-refractivity contribution in [2.45, 2.75) is 19.4 Å². The first-order valence-electron chi connectivity index (χ1n) is 6.72. The molecular weight excluding hydrogens is 242 g/mol. The summed E-state index contributed by atoms with van der Waals surface area (Å²) in [4.78, 5) is 11.1. The second-order valence-electron chi connectivity index (χ2n) is 4.84. The van der Waals surface area contributed by atoms with Gasteiger partial charge in [0, 0.05) is 39.4 Å². The van der Waals surface area contributed by atoms with E-state index in [0.29, 0.717) is 12.6 Å². The van der Waals surface area contributed by atoms with Crippen LogP contribution in [0.2, 0.25) is 0 Å². The number of methoxy groups -OCH3 is 1. The maximum Gasteiger partial charge on any atom is 0.134 e. The van der Waals surface area contributed by atoms with Gasteiger partial charge in [-0.2, -0.15) is 0 Å². The normalized spacial score (nSPS) is 18.6. The van der Waals surface area contributed by atoms with Gasteiger partial charge in [-0.05, 0) is 19.9 Å². The number of aryl methyl sites for hydroxylation is 1. The van der Waals surface area contributed by atoms with Crippen molar-refractivity contribution in [2.24, 2.45) is 0 Å². The quantitative estimate of drug-likeness (QED) is 0.736. The van der Waals surface area contributed by atoms with E-state index in [0.717, 1.165) is 43.5 Å². The molecule has 2 N–H and O–H groups in total. The van der Waals surface area contributed by atoms with E-state index in [1.807, 2.05) is 13.0 Å². The number of rotatable bonds is 6. The molecule has 0 amide bonds. The highest BCUT2D eigenvalue weighted by molar-refractivity contribution is 5.49. The van der Waals surface area contributed by atoms with Crippen LogP contribution in [-0.2, 0) is 4.74 Å². The Morgan fingerprint density at radius 1 is 1.53 bits per heavy atom. The molecule has 1 unspecified atom stereocenters. The van der Waals surface area contributed by atoms with Crippen molar-refractivity contribution in [3.8, 4) is 0 Å². The second-order valence-corrected chi connectivity index (χ2v) is 4.84. The largest absolute Gasteiger partial charge is 0.383 e. The zero-order valence-corrected chi connectivity index (χ0v) is 11.9. The van der Waals surface area contributed by atoms with Gasteiger partial charge in [-0.15, -0.1) is 0 Å². The van der Waals surface area contributed by atoms with Crippen LogP contribution in [0.5, 0.6) is 0 Å². The summed E-state index contributed by atoms with van der Waals surface area (Å²) in [6, 6.07) is 2.52. The Bertz CT molecular complexity index is 406. The van der Waals surface area contributed by atoms with Crippen LogP contribution >= 0.6 is 0 Å². The minimum atomic E-state index is 0.515. The third kappa shape index (κ3) is 3.78. The third-order valence-corrected chi connectivity index (χ3v) is 3.38. The molecule has 1 fully saturated rings. The number of aromatic nitrogens is 2. The minimum Gasteiger partial charge on any atom is -0.383 e. The van der Waals surface area contributed by atoms with Gasteiger partial charge in [-0.1, -0.05) is 0 Å². The molecule has 0 spiro atoms. The van der Waals surface area contributed by atoms with Gasteiger partial charge in [0.25, 0.3) is 0 Å². The molecule has 1 saturated heterocycles. The van der Waals surface area contributed by atoms with Gasteiger partial charge in [-0.3, -0.25) is 0 Å². The van der Waals surface area contributed by atoms with Crippen LogP contribution in [0.25, 0.3) is 0 Å². The van der Waals surface area contributed by atoms with Crippen molar-refractivity contribution in [1.29, 1.82) is 0 Å². The van der Waals surface area contributed by atoms with E-state index in [-0.39, 0.29) is 0 Å². The fourth-order valence-corrected chi connectivity index (χ4v) is 2.26. The number of ether oxygens (including phenoxy) is 1. The Morgan fingerprint density at radius 2 is 2.37 bits per heavy atom. The number of hydrogen-bond donors (Lipinski definition) is 2. The van der Waals surface area contributed by atoms with Crippen molar-refractivity contribution >= 4 is 11.6 Å². The summed E-state index contributed by atoms with van der Waals surface area (Å²) in [5, 5.41) is 6.63. The fraction of sp³-hybridized carbons (Fsp3) is 0.692. The monoisotopic (exact) mass is 265 g/mol. The van der Waals surface area contributed by atoms with Crippen LogP contribution in [0.3, 0.4) is 0 Å². The van der Waals surface area contributed by atoms with Crippen LogP contribution in [0, 0.1) is 6.92 Å². The van der Waals surface area contributed by atoms with E-state index in [1.54, 1.807) is 7.11 Å². The molecule has 0 aromatic carbocycles. The van der Waals surface area contributed by atoms with Crippen LogP contribution in [0.15, 0.2) is 6.07 Å². The lowest BCUT2D eigenvalue weighted by Crippen LogP contribution is -2.34. The smallest absolute Gasteiger partial charge is 0.134 e. The standard InChI is InChI=1S/C13H23N5O/c1-10-16-12(15-6-7-19-3)8-13(17-10)18(2)11-4-5-14-9-11/h8,11,14H,4-7,9H2,1-3H3,(H,15,16,17). The summed E-state index contributed by atoms with van der Waals surface area (Å²) in [6.45, 7) is 5.44. The van der Waals surface area contributed by atoms with Crippen molar-refractivity contribution in [1.82, 2.24) is 15.3 Å². The topological polar surface area (TPSA) is 62.3 Å². The van der Waals surface area contributed by atoms with Gasteiger partial charge in [0.2, 0.25) is 0 Å². The number of nitrogens with one attached hydrogen (secondary N) is 2. The van der Waals surface area contributed by atoms with Gasteiger partial charge in [0.15, 0.2) is 0 Å². The molecule has 2 rings (SSSR count). The van der Waals surface area contributed by atoms with Gasteiger partial charge < -0.3 is 20.3 Å². The number of likely N-dealkylation sites (N-methyl/N-ethyl adjacent to an activating group) is 1. The van der Waals surface area contributed by atoms with Crippen LogP contribution in [-0.4, -0.2) is 56.4 Å². The molecule has 2 heterocycles. The predicted octanol–water partition coefficient (Wildman–Crippen LogP) is 0.641. The van der Waals surface area contributed by atoms with Crippen molar-refractivity contribution in [3.63, 3.8) is 0 Å². The molecule has 19 heavy (non-hydrogen) atoms. The molecule has 1 aromatic heterocycles. The zero-order valence-electron chi connectivity index (χ0n) is 11.9. The van der Waals surface area contributed by atoms with E-state index >= 15 is 0 Å². The lowest BCUT2D eigenvalue weighted by atomic mass is 10.2. The highest BCUT2D eigenvalue weighted by Crippen LogP contribution is 2.19. The molecule has 1 aromatic rings. The van der Waals surface area contributed by atoms with Crippen LogP contribution in [0.4, 0.5) is 11.6 Å². The van der Waals surface area contributed by atoms with E-state index in [1.165, 1.54) is 0 Å². The fourth-order valence-electron chi connectivity index (χ4n) is 2.26. The van der Waals surface area contributed by atoms with Crippen molar-refractivity contribution < 1.29 is 4.74 Å². The Kier molecular flexibility index (Phi) is 4.93. The maximum atomic E-state index is 5.03. The Hall–Kier alpha value is -1.40. The summed E-state index contributed by atoms with van der Waals surface area (Å²) in [7, 11) is 3.79. The van der Waals surface area contributed by atoms with Gasteiger partial charge in [0.1, 0.15) is 17.5 Å². The first kappa shape index (κ1) is 14.0. The number of anilines is 2. The molecule has 6 nitrogen and oxygen atoms in total. The summed E-state index contributed by atoms with van der Waals surface area (Å²) in [6.07, 6.45) is 1.16. The minimum absolute atomic E-state index is 0.515. The summed E-state index contributed by atoms with van der Waals surface area (Å²) >= 11 is 0. The van der Waals surface area contributed by atoms with E-state index < -0.39 is 0 Å². The summed E-state index contributed by atoms with van der Waals surface area (Å²) < 4.78 is 5.03. The molecule has 0 radical (unpaired) electrons. The number of hydrogen-bond acceptors (Lipinski definition) is 6. The average Bonchev–Trinajstić information content (AvgIpc) is 2.91. The van der Waals surface area contributed by atoms with Crippen molar-refractivity contribution in [2.75, 3.05) is 50.6 Å². The van der Waals surface area contributed by atoms with E-state index in [2.05, 4.69) is 32.5 Å². The Labute approximate surface area is 114 Å². The molecule has 1 aliphatic heterocycles. The Balaban J connectivity index is 2.06. The van der Waals surface area contributed by atoms with Crippen LogP contribution < -0.4 is 15.5 Å². The van der Waals surface area contributed by atoms with E-state index in [9.17, 15) is 0 Å². The highest BCUT2D eigenvalue weighted by atomic mass is 16.5. The molecule has 106 valence electrons. The lowest BCUT2D eigenvalue weighted by Gasteiger charge is -2.25. The lowest BCUT2D eigenvalue weighted by molar-refractivity contribution is 0.210. The maximum absolute atomic E-state index is 5.03. The average molecular weight is 265 g/mol. The van der Waals surface area contributed by atoms with Gasteiger partial charge >= 0.3 is 0 Å². The second kappa shape index (κ2) is 6.68. The zero-order chi connectivity index (χ0) is 13.7. The number of nitrogens with zero attached hydrogens (tertiary/aromatic N) is 3.